The molecule has 2 aromatic rings. The number of aliphatic imine (C=N–C) groups is 1. The number of hydrogen-bond donors (Lipinski definition) is 0. The molecule has 0 radical (unpaired) electrons. The summed E-state index contributed by atoms with van der Waals surface area (Å²) in [6.07, 6.45) is 1.62. The number of fused-ring (bicyclic) bond motifs is 1. The summed E-state index contributed by atoms with van der Waals surface area (Å²) in [5.74, 6) is 1.13. The van der Waals surface area contributed by atoms with Crippen LogP contribution in [0.3, 0.4) is 0 Å². The highest BCUT2D eigenvalue weighted by molar-refractivity contribution is 8.15. The van der Waals surface area contributed by atoms with Crippen molar-refractivity contribution in [1.82, 2.24) is 4.67 Å². The third-order valence-corrected chi connectivity index (χ3v) is 8.46. The summed E-state index contributed by atoms with van der Waals surface area (Å²) in [6.45, 7) is 1.97. The fourth-order valence-electron chi connectivity index (χ4n) is 3.09. The van der Waals surface area contributed by atoms with Crippen LogP contribution in [0.1, 0.15) is 18.6 Å². The highest BCUT2D eigenvalue weighted by Crippen LogP contribution is 2.56. The van der Waals surface area contributed by atoms with Crippen LogP contribution >= 0.6 is 6.42 Å². The maximum atomic E-state index is 6.32. The lowest BCUT2D eigenvalue weighted by Crippen LogP contribution is -2.29. The van der Waals surface area contributed by atoms with Crippen molar-refractivity contribution in [3.63, 3.8) is 0 Å². The molecule has 4 rings (SSSR count). The zero-order valence-electron chi connectivity index (χ0n) is 13.8. The van der Waals surface area contributed by atoms with Crippen LogP contribution in [0.5, 0.6) is 0 Å². The smallest absolute Gasteiger partial charge is 0.262 e. The Morgan fingerprint density at radius 3 is 2.67 bits per heavy atom. The van der Waals surface area contributed by atoms with E-state index in [0.29, 0.717) is 11.7 Å². The normalized spacial score (nSPS) is 23.5. The SMILES string of the molecule is CN(C)c1ccc2c(c1)N=C(c1ccco1)O[P@@]2(=S)N1CCCC1. The molecule has 0 saturated carbocycles. The lowest BCUT2D eigenvalue weighted by atomic mass is 10.2. The Bertz CT molecular complexity index is 826. The molecule has 2 aliphatic heterocycles. The van der Waals surface area contributed by atoms with Gasteiger partial charge in [0.05, 0.1) is 17.3 Å². The molecule has 24 heavy (non-hydrogen) atoms. The van der Waals surface area contributed by atoms with Crippen molar-refractivity contribution in [3.8, 4) is 0 Å². The van der Waals surface area contributed by atoms with Gasteiger partial charge in [-0.1, -0.05) is 0 Å². The maximum absolute atomic E-state index is 6.32. The Balaban J connectivity index is 1.87. The average molecular weight is 361 g/mol. The first kappa shape index (κ1) is 15.9. The van der Waals surface area contributed by atoms with Gasteiger partial charge in [-0.25, -0.2) is 9.66 Å². The van der Waals surface area contributed by atoms with Crippen LogP contribution in [0, 0.1) is 0 Å². The third-order valence-electron chi connectivity index (χ3n) is 4.40. The van der Waals surface area contributed by atoms with Gasteiger partial charge in [0, 0.05) is 32.9 Å². The second-order valence-corrected chi connectivity index (χ2v) is 9.99. The molecule has 1 fully saturated rings. The van der Waals surface area contributed by atoms with Crippen LogP contribution < -0.4 is 10.2 Å². The van der Waals surface area contributed by atoms with E-state index in [4.69, 9.17) is 25.7 Å². The summed E-state index contributed by atoms with van der Waals surface area (Å²) < 4.78 is 14.2. The number of anilines is 1. The Labute approximate surface area is 147 Å². The molecular formula is C17H20N3O2PS. The van der Waals surface area contributed by atoms with Gasteiger partial charge in [-0.05, 0) is 55.0 Å². The minimum atomic E-state index is -2.34. The molecule has 5 nitrogen and oxygen atoms in total. The van der Waals surface area contributed by atoms with E-state index < -0.39 is 6.42 Å². The molecule has 2 aliphatic rings. The molecule has 0 spiro atoms. The molecule has 1 saturated heterocycles. The molecule has 0 amide bonds. The first-order chi connectivity index (χ1) is 11.6. The van der Waals surface area contributed by atoms with Gasteiger partial charge >= 0.3 is 0 Å². The van der Waals surface area contributed by atoms with E-state index in [9.17, 15) is 0 Å². The van der Waals surface area contributed by atoms with Gasteiger partial charge in [0.25, 0.3) is 5.90 Å². The van der Waals surface area contributed by atoms with Crippen molar-refractivity contribution in [1.29, 1.82) is 0 Å². The zero-order chi connectivity index (χ0) is 16.7. The topological polar surface area (TPSA) is 41.2 Å². The van der Waals surface area contributed by atoms with E-state index in [1.54, 1.807) is 6.26 Å². The van der Waals surface area contributed by atoms with Gasteiger partial charge < -0.3 is 13.8 Å². The van der Waals surface area contributed by atoms with Crippen LogP contribution in [0.2, 0.25) is 0 Å². The Morgan fingerprint density at radius 2 is 2.00 bits per heavy atom. The standard InChI is InChI=1S/C17H20N3O2PS/c1-19(2)13-7-8-16-14(12-13)18-17(15-6-5-11-21-15)22-23(16,24)20-9-3-4-10-20/h5-8,11-12H,3-4,9-10H2,1-2H3/t23-/m0/s1. The highest BCUT2D eigenvalue weighted by atomic mass is 32.4. The van der Waals surface area contributed by atoms with Crippen molar-refractivity contribution in [2.24, 2.45) is 4.99 Å². The molecule has 0 aliphatic carbocycles. The number of furan rings is 1. The van der Waals surface area contributed by atoms with E-state index in [-0.39, 0.29) is 0 Å². The van der Waals surface area contributed by atoms with Crippen LogP contribution in [0.15, 0.2) is 46.0 Å². The Kier molecular flexibility index (Phi) is 3.99. The second-order valence-electron chi connectivity index (χ2n) is 6.23. The van der Waals surface area contributed by atoms with E-state index in [1.165, 1.54) is 12.8 Å². The minimum absolute atomic E-state index is 0.499. The van der Waals surface area contributed by atoms with Gasteiger partial charge in [0.2, 0.25) is 6.42 Å². The molecule has 1 aromatic carbocycles. The highest BCUT2D eigenvalue weighted by Gasteiger charge is 2.39. The summed E-state index contributed by atoms with van der Waals surface area (Å²) >= 11 is 6.11. The fourth-order valence-corrected chi connectivity index (χ4v) is 6.61. The summed E-state index contributed by atoms with van der Waals surface area (Å²) in [5, 5.41) is 1.04. The quantitative estimate of drug-likeness (QED) is 0.783. The lowest BCUT2D eigenvalue weighted by Gasteiger charge is -2.35. The Hall–Kier alpha value is -1.62. The van der Waals surface area contributed by atoms with Crippen LogP contribution in [0.4, 0.5) is 11.4 Å². The van der Waals surface area contributed by atoms with E-state index in [2.05, 4.69) is 27.8 Å². The predicted octanol–water partition coefficient (Wildman–Crippen LogP) is 3.48. The van der Waals surface area contributed by atoms with Gasteiger partial charge in [-0.3, -0.25) is 0 Å². The van der Waals surface area contributed by atoms with Gasteiger partial charge in [0.1, 0.15) is 0 Å². The maximum Gasteiger partial charge on any atom is 0.262 e. The van der Waals surface area contributed by atoms with Crippen LogP contribution in [-0.4, -0.2) is 37.8 Å². The monoisotopic (exact) mass is 361 g/mol. The third kappa shape index (κ3) is 2.59. The fraction of sp³-hybridized carbons (Fsp3) is 0.353. The molecule has 3 heterocycles. The van der Waals surface area contributed by atoms with Crippen molar-refractivity contribution >= 4 is 40.8 Å². The predicted molar refractivity (Wildman–Crippen MR) is 101 cm³/mol. The van der Waals surface area contributed by atoms with Gasteiger partial charge in [0.15, 0.2) is 5.76 Å². The summed E-state index contributed by atoms with van der Waals surface area (Å²) in [4.78, 5) is 6.77. The number of rotatable bonds is 3. The summed E-state index contributed by atoms with van der Waals surface area (Å²) in [6, 6.07) is 9.96. The van der Waals surface area contributed by atoms with E-state index >= 15 is 0 Å². The average Bonchev–Trinajstić information content (AvgIpc) is 3.27. The van der Waals surface area contributed by atoms with Crippen molar-refractivity contribution in [3.05, 3.63) is 42.4 Å². The lowest BCUT2D eigenvalue weighted by molar-refractivity contribution is 0.465. The van der Waals surface area contributed by atoms with Crippen molar-refractivity contribution in [2.75, 3.05) is 32.1 Å². The molecule has 126 valence electrons. The second kappa shape index (κ2) is 6.03. The molecule has 0 unspecified atom stereocenters. The summed E-state index contributed by atoms with van der Waals surface area (Å²) in [7, 11) is 4.05. The first-order valence-corrected chi connectivity index (χ1v) is 10.7. The molecule has 0 N–H and O–H groups in total. The largest absolute Gasteiger partial charge is 0.459 e. The minimum Gasteiger partial charge on any atom is -0.459 e. The van der Waals surface area contributed by atoms with Crippen molar-refractivity contribution < 1.29 is 8.94 Å². The molecular weight excluding hydrogens is 341 g/mol. The van der Waals surface area contributed by atoms with E-state index in [0.717, 1.165) is 29.8 Å². The van der Waals surface area contributed by atoms with Crippen LogP contribution in [-0.2, 0) is 16.3 Å². The van der Waals surface area contributed by atoms with Gasteiger partial charge in [-0.2, -0.15) is 0 Å². The number of benzene rings is 1. The molecule has 7 heteroatoms. The Morgan fingerprint density at radius 1 is 1.21 bits per heavy atom. The zero-order valence-corrected chi connectivity index (χ0v) is 15.5. The number of hydrogen-bond acceptors (Lipinski definition) is 5. The number of nitrogens with zero attached hydrogens (tertiary/aromatic N) is 3. The van der Waals surface area contributed by atoms with Crippen LogP contribution in [0.25, 0.3) is 0 Å². The van der Waals surface area contributed by atoms with Crippen molar-refractivity contribution in [2.45, 2.75) is 12.8 Å². The first-order valence-electron chi connectivity index (χ1n) is 8.07. The van der Waals surface area contributed by atoms with Gasteiger partial charge in [-0.15, -0.1) is 0 Å². The molecule has 1 atom stereocenters. The molecule has 1 aromatic heterocycles. The van der Waals surface area contributed by atoms with E-state index in [1.807, 2.05) is 26.2 Å². The molecule has 0 bridgehead atoms. The summed E-state index contributed by atoms with van der Waals surface area (Å²) in [5.41, 5.74) is 2.00.